The van der Waals surface area contributed by atoms with Crippen molar-refractivity contribution in [3.05, 3.63) is 56.7 Å². The lowest BCUT2D eigenvalue weighted by atomic mass is 9.92. The molecule has 0 aliphatic carbocycles. The van der Waals surface area contributed by atoms with Gasteiger partial charge >= 0.3 is 5.69 Å². The van der Waals surface area contributed by atoms with Crippen LogP contribution in [0.3, 0.4) is 0 Å². The number of nitrogens with one attached hydrogen (secondary N) is 4. The second kappa shape index (κ2) is 5.32. The molecule has 2 amide bonds. The average Bonchev–Trinajstić information content (AvgIpc) is 2.46. The third-order valence-corrected chi connectivity index (χ3v) is 3.34. The molecule has 0 bridgehead atoms. The lowest BCUT2D eigenvalue weighted by molar-refractivity contribution is -0.123. The summed E-state index contributed by atoms with van der Waals surface area (Å²) in [5, 5.41) is 5.05. The van der Waals surface area contributed by atoms with Gasteiger partial charge in [0.15, 0.2) is 0 Å². The number of benzene rings is 1. The summed E-state index contributed by atoms with van der Waals surface area (Å²) in [4.78, 5) is 51.7. The first kappa shape index (κ1) is 13.8. The zero-order valence-electron chi connectivity index (χ0n) is 11.3. The van der Waals surface area contributed by atoms with Gasteiger partial charge in [0.25, 0.3) is 5.56 Å². The van der Waals surface area contributed by atoms with Gasteiger partial charge < -0.3 is 10.6 Å². The quantitative estimate of drug-likeness (QED) is 0.629. The van der Waals surface area contributed by atoms with E-state index >= 15 is 0 Å². The van der Waals surface area contributed by atoms with Crippen molar-refractivity contribution in [2.24, 2.45) is 0 Å². The molecular formula is C14H12N4O4. The Balaban J connectivity index is 1.99. The Bertz CT molecular complexity index is 853. The Kier molecular flexibility index (Phi) is 3.34. The van der Waals surface area contributed by atoms with Gasteiger partial charge in [-0.15, -0.1) is 0 Å². The number of fused-ring (bicyclic) bond motifs is 1. The summed E-state index contributed by atoms with van der Waals surface area (Å²) in [6.45, 7) is 0. The predicted octanol–water partition coefficient (Wildman–Crippen LogP) is 0.128. The second-order valence-electron chi connectivity index (χ2n) is 4.86. The highest BCUT2D eigenvalue weighted by Gasteiger charge is 2.34. The highest BCUT2D eigenvalue weighted by molar-refractivity contribution is 6.04. The zero-order chi connectivity index (χ0) is 15.7. The number of carbonyl (C=O) groups is 2. The molecule has 1 aliphatic rings. The lowest BCUT2D eigenvalue weighted by Crippen LogP contribution is -2.39. The van der Waals surface area contributed by atoms with Crippen LogP contribution in [-0.2, 0) is 9.59 Å². The molecule has 0 saturated carbocycles. The molecule has 1 aliphatic heterocycles. The minimum absolute atomic E-state index is 0.0294. The molecule has 8 nitrogen and oxygen atoms in total. The van der Waals surface area contributed by atoms with E-state index in [2.05, 4.69) is 20.6 Å². The van der Waals surface area contributed by atoms with Crippen LogP contribution in [0.25, 0.3) is 0 Å². The van der Waals surface area contributed by atoms with Gasteiger partial charge in [-0.25, -0.2) is 4.79 Å². The first-order chi connectivity index (χ1) is 10.5. The van der Waals surface area contributed by atoms with E-state index in [1.54, 1.807) is 30.3 Å². The Labute approximate surface area is 123 Å². The van der Waals surface area contributed by atoms with Crippen LogP contribution in [0.1, 0.15) is 17.9 Å². The summed E-state index contributed by atoms with van der Waals surface area (Å²) in [5.74, 6) is -1.93. The lowest BCUT2D eigenvalue weighted by Gasteiger charge is -2.23. The summed E-state index contributed by atoms with van der Waals surface area (Å²) in [7, 11) is 0. The number of hydrogen-bond acceptors (Lipinski definition) is 4. The highest BCUT2D eigenvalue weighted by atomic mass is 16.2. The number of anilines is 2. The Hall–Kier alpha value is -3.16. The van der Waals surface area contributed by atoms with E-state index in [9.17, 15) is 19.2 Å². The first-order valence-corrected chi connectivity index (χ1v) is 6.57. The fraction of sp³-hybridized carbons (Fsp3) is 0.143. The van der Waals surface area contributed by atoms with Crippen molar-refractivity contribution >= 4 is 23.3 Å². The van der Waals surface area contributed by atoms with Crippen LogP contribution >= 0.6 is 0 Å². The van der Waals surface area contributed by atoms with E-state index in [4.69, 9.17) is 0 Å². The van der Waals surface area contributed by atoms with Crippen LogP contribution < -0.4 is 21.9 Å². The molecular weight excluding hydrogens is 288 g/mol. The molecule has 0 saturated heterocycles. The van der Waals surface area contributed by atoms with E-state index in [0.29, 0.717) is 5.69 Å². The molecule has 0 fully saturated rings. The molecule has 0 spiro atoms. The van der Waals surface area contributed by atoms with E-state index in [1.165, 1.54) is 0 Å². The maximum atomic E-state index is 12.4. The van der Waals surface area contributed by atoms with Crippen LogP contribution in [-0.4, -0.2) is 21.8 Å². The van der Waals surface area contributed by atoms with Crippen molar-refractivity contribution in [1.29, 1.82) is 0 Å². The average molecular weight is 300 g/mol. The number of hydrogen-bond donors (Lipinski definition) is 4. The molecule has 22 heavy (non-hydrogen) atoms. The molecule has 2 heterocycles. The summed E-state index contributed by atoms with van der Waals surface area (Å²) in [5.41, 5.74) is -0.825. The third-order valence-electron chi connectivity index (χ3n) is 3.34. The number of carbonyl (C=O) groups excluding carboxylic acids is 2. The number of H-pyrrole nitrogens is 2. The number of aromatic amines is 2. The standard InChI is InChI=1S/C14H12N4O4/c19-9-6-8(12(20)15-7-4-2-1-3-5-7)10-11(16-9)17-14(22)18-13(10)21/h1-5,8H,6H2,(H,15,20)(H3,16,17,18,19,21,22). The number of amides is 2. The van der Waals surface area contributed by atoms with Crippen molar-refractivity contribution < 1.29 is 9.59 Å². The van der Waals surface area contributed by atoms with Gasteiger partial charge in [-0.1, -0.05) is 18.2 Å². The molecule has 1 aromatic heterocycles. The summed E-state index contributed by atoms with van der Waals surface area (Å²) < 4.78 is 0. The second-order valence-corrected chi connectivity index (χ2v) is 4.86. The van der Waals surface area contributed by atoms with E-state index in [1.807, 2.05) is 0 Å². The zero-order valence-corrected chi connectivity index (χ0v) is 11.3. The minimum Gasteiger partial charge on any atom is -0.326 e. The summed E-state index contributed by atoms with van der Waals surface area (Å²) in [6.07, 6.45) is -0.166. The van der Waals surface area contributed by atoms with Crippen LogP contribution in [0.2, 0.25) is 0 Å². The van der Waals surface area contributed by atoms with Crippen LogP contribution in [0.5, 0.6) is 0 Å². The molecule has 112 valence electrons. The number of rotatable bonds is 2. The van der Waals surface area contributed by atoms with Gasteiger partial charge in [0.1, 0.15) is 5.82 Å². The fourth-order valence-electron chi connectivity index (χ4n) is 2.38. The monoisotopic (exact) mass is 300 g/mol. The summed E-state index contributed by atoms with van der Waals surface area (Å²) >= 11 is 0. The molecule has 1 atom stereocenters. The Morgan fingerprint density at radius 2 is 1.82 bits per heavy atom. The van der Waals surface area contributed by atoms with E-state index < -0.39 is 29.0 Å². The van der Waals surface area contributed by atoms with Crippen molar-refractivity contribution in [3.63, 3.8) is 0 Å². The van der Waals surface area contributed by atoms with Crippen molar-refractivity contribution in [2.45, 2.75) is 12.3 Å². The molecule has 3 rings (SSSR count). The van der Waals surface area contributed by atoms with Gasteiger partial charge in [0, 0.05) is 12.1 Å². The van der Waals surface area contributed by atoms with Gasteiger partial charge in [-0.05, 0) is 12.1 Å². The third kappa shape index (κ3) is 2.53. The predicted molar refractivity (Wildman–Crippen MR) is 78.7 cm³/mol. The maximum Gasteiger partial charge on any atom is 0.327 e. The van der Waals surface area contributed by atoms with Crippen LogP contribution in [0, 0.1) is 0 Å². The summed E-state index contributed by atoms with van der Waals surface area (Å²) in [6, 6.07) is 8.69. The van der Waals surface area contributed by atoms with Gasteiger partial charge in [-0.3, -0.25) is 24.4 Å². The SMILES string of the molecule is O=C1CC(C(=O)Nc2ccccc2)c2c([nH]c(=O)[nH]c2=O)N1. The first-order valence-electron chi connectivity index (χ1n) is 6.57. The molecule has 4 N–H and O–H groups in total. The topological polar surface area (TPSA) is 124 Å². The van der Waals surface area contributed by atoms with E-state index in [0.717, 1.165) is 0 Å². The molecule has 1 aromatic carbocycles. The minimum atomic E-state index is -0.968. The van der Waals surface area contributed by atoms with Crippen molar-refractivity contribution in [2.75, 3.05) is 10.6 Å². The normalized spacial score (nSPS) is 16.5. The highest BCUT2D eigenvalue weighted by Crippen LogP contribution is 2.28. The number of para-hydroxylation sites is 1. The molecule has 8 heteroatoms. The maximum absolute atomic E-state index is 12.4. The van der Waals surface area contributed by atoms with Crippen molar-refractivity contribution in [1.82, 2.24) is 9.97 Å². The van der Waals surface area contributed by atoms with Crippen LogP contribution in [0.15, 0.2) is 39.9 Å². The van der Waals surface area contributed by atoms with Crippen molar-refractivity contribution in [3.8, 4) is 0 Å². The van der Waals surface area contributed by atoms with E-state index in [-0.39, 0.29) is 17.8 Å². The Morgan fingerprint density at radius 3 is 2.55 bits per heavy atom. The Morgan fingerprint density at radius 1 is 1.09 bits per heavy atom. The largest absolute Gasteiger partial charge is 0.327 e. The fourth-order valence-corrected chi connectivity index (χ4v) is 2.38. The van der Waals surface area contributed by atoms with Gasteiger partial charge in [0.05, 0.1) is 11.5 Å². The number of aromatic nitrogens is 2. The molecule has 0 radical (unpaired) electrons. The van der Waals surface area contributed by atoms with Crippen LogP contribution in [0.4, 0.5) is 11.5 Å². The molecule has 1 unspecified atom stereocenters. The smallest absolute Gasteiger partial charge is 0.326 e. The molecule has 2 aromatic rings. The van der Waals surface area contributed by atoms with Gasteiger partial charge in [0.2, 0.25) is 11.8 Å². The van der Waals surface area contributed by atoms with Gasteiger partial charge in [-0.2, -0.15) is 0 Å².